The summed E-state index contributed by atoms with van der Waals surface area (Å²) in [6.45, 7) is 1.87. The zero-order valence-electron chi connectivity index (χ0n) is 15.5. The molecule has 0 atom stereocenters. The van der Waals surface area contributed by atoms with E-state index in [1.165, 1.54) is 54.6 Å². The number of para-hydroxylation sites is 1. The smallest absolute Gasteiger partial charge is 0.261 e. The first-order valence-corrected chi connectivity index (χ1v) is 10.2. The van der Waals surface area contributed by atoms with E-state index < -0.39 is 10.0 Å². The van der Waals surface area contributed by atoms with Gasteiger partial charge in [-0.25, -0.2) is 8.42 Å². The average Bonchev–Trinajstić information content (AvgIpc) is 2.69. The molecule has 0 aliphatic heterocycles. The number of sulfonamides is 1. The van der Waals surface area contributed by atoms with Crippen LogP contribution in [-0.4, -0.2) is 24.4 Å². The number of aryl methyl sites for hydroxylation is 1. The summed E-state index contributed by atoms with van der Waals surface area (Å²) in [5.74, 6) is -0.914. The van der Waals surface area contributed by atoms with Crippen molar-refractivity contribution in [3.8, 4) is 11.5 Å². The minimum absolute atomic E-state index is 0.150. The fraction of sp³-hybridized carbons (Fsp3) is 0.0455. The predicted molar refractivity (Wildman–Crippen MR) is 112 cm³/mol. The second-order valence-corrected chi connectivity index (χ2v) is 8.09. The Hall–Kier alpha value is -3.58. The van der Waals surface area contributed by atoms with Crippen LogP contribution in [0.2, 0.25) is 0 Å². The van der Waals surface area contributed by atoms with Gasteiger partial charge in [0.05, 0.1) is 4.90 Å². The van der Waals surface area contributed by atoms with Crippen molar-refractivity contribution >= 4 is 27.6 Å². The molecule has 0 fully saturated rings. The third kappa shape index (κ3) is 4.83. The molecule has 0 aliphatic carbocycles. The lowest BCUT2D eigenvalue weighted by atomic mass is 10.1. The van der Waals surface area contributed by atoms with Gasteiger partial charge in [0.25, 0.3) is 10.0 Å². The molecule has 0 unspecified atom stereocenters. The summed E-state index contributed by atoms with van der Waals surface area (Å²) in [6.07, 6.45) is 2.66. The maximum Gasteiger partial charge on any atom is 0.261 e. The Balaban J connectivity index is 1.72. The average molecular weight is 409 g/mol. The highest BCUT2D eigenvalue weighted by Gasteiger charge is 2.14. The Kier molecular flexibility index (Phi) is 5.70. The third-order valence-corrected chi connectivity index (χ3v) is 5.61. The van der Waals surface area contributed by atoms with Crippen molar-refractivity contribution in [2.24, 2.45) is 0 Å². The van der Waals surface area contributed by atoms with Gasteiger partial charge in [-0.05, 0) is 61.5 Å². The maximum atomic E-state index is 12.4. The molecule has 7 heteroatoms. The fourth-order valence-electron chi connectivity index (χ4n) is 2.58. The van der Waals surface area contributed by atoms with E-state index in [-0.39, 0.29) is 22.2 Å². The van der Waals surface area contributed by atoms with Gasteiger partial charge in [0.15, 0.2) is 17.3 Å². The number of phenols is 2. The van der Waals surface area contributed by atoms with Crippen LogP contribution in [0.25, 0.3) is 6.08 Å². The number of phenolic OH excluding ortho intramolecular Hbond substituents is 2. The van der Waals surface area contributed by atoms with E-state index in [2.05, 4.69) is 4.72 Å². The van der Waals surface area contributed by atoms with Crippen LogP contribution in [0.1, 0.15) is 21.5 Å². The van der Waals surface area contributed by atoms with Crippen LogP contribution >= 0.6 is 0 Å². The summed E-state index contributed by atoms with van der Waals surface area (Å²) in [5.41, 5.74) is 1.94. The van der Waals surface area contributed by atoms with E-state index >= 15 is 0 Å². The highest BCUT2D eigenvalue weighted by molar-refractivity contribution is 7.92. The molecule has 3 aromatic carbocycles. The predicted octanol–water partition coefficient (Wildman–Crippen LogP) is 4.10. The van der Waals surface area contributed by atoms with E-state index in [0.717, 1.165) is 5.56 Å². The van der Waals surface area contributed by atoms with Gasteiger partial charge in [0.2, 0.25) is 0 Å². The third-order valence-electron chi connectivity index (χ3n) is 4.21. The van der Waals surface area contributed by atoms with Crippen molar-refractivity contribution in [2.45, 2.75) is 11.8 Å². The highest BCUT2D eigenvalue weighted by atomic mass is 32.2. The molecule has 29 heavy (non-hydrogen) atoms. The standard InChI is InChI=1S/C22H19NO5S/c1-15-5-12-19(13-6-15)29(27,28)23-18-10-7-16(8-11-18)20(24)14-9-17-3-2-4-21(25)22(17)26/h2-14,23,25-26H,1H3. The minimum Gasteiger partial charge on any atom is -0.504 e. The van der Waals surface area contributed by atoms with Crippen molar-refractivity contribution in [3.05, 3.63) is 89.5 Å². The van der Waals surface area contributed by atoms with Crippen molar-refractivity contribution in [2.75, 3.05) is 4.72 Å². The lowest BCUT2D eigenvalue weighted by molar-refractivity contribution is 0.104. The zero-order valence-corrected chi connectivity index (χ0v) is 16.3. The number of carbonyl (C=O) groups is 1. The van der Waals surface area contributed by atoms with Gasteiger partial charge in [0, 0.05) is 16.8 Å². The van der Waals surface area contributed by atoms with Gasteiger partial charge < -0.3 is 10.2 Å². The number of anilines is 1. The van der Waals surface area contributed by atoms with Crippen molar-refractivity contribution in [3.63, 3.8) is 0 Å². The van der Waals surface area contributed by atoms with Crippen molar-refractivity contribution < 1.29 is 23.4 Å². The second kappa shape index (κ2) is 8.20. The first-order chi connectivity index (χ1) is 13.8. The molecule has 0 radical (unpaired) electrons. The molecule has 3 aromatic rings. The highest BCUT2D eigenvalue weighted by Crippen LogP contribution is 2.29. The van der Waals surface area contributed by atoms with Crippen LogP contribution in [0.5, 0.6) is 11.5 Å². The SMILES string of the molecule is Cc1ccc(S(=O)(=O)Nc2ccc(C(=O)C=Cc3cccc(O)c3O)cc2)cc1. The van der Waals surface area contributed by atoms with E-state index in [4.69, 9.17) is 0 Å². The number of carbonyl (C=O) groups excluding carboxylic acids is 1. The summed E-state index contributed by atoms with van der Waals surface area (Å²) in [4.78, 5) is 12.4. The topological polar surface area (TPSA) is 104 Å². The van der Waals surface area contributed by atoms with Crippen LogP contribution < -0.4 is 4.72 Å². The van der Waals surface area contributed by atoms with Gasteiger partial charge in [0.1, 0.15) is 0 Å². The Morgan fingerprint density at radius 2 is 1.59 bits per heavy atom. The zero-order chi connectivity index (χ0) is 21.0. The maximum absolute atomic E-state index is 12.4. The molecule has 0 saturated carbocycles. The van der Waals surface area contributed by atoms with Crippen LogP contribution in [0.3, 0.4) is 0 Å². The van der Waals surface area contributed by atoms with Gasteiger partial charge >= 0.3 is 0 Å². The summed E-state index contributed by atoms with van der Waals surface area (Å²) >= 11 is 0. The van der Waals surface area contributed by atoms with E-state index in [1.54, 1.807) is 24.3 Å². The van der Waals surface area contributed by atoms with E-state index in [9.17, 15) is 23.4 Å². The quantitative estimate of drug-likeness (QED) is 0.323. The molecular formula is C22H19NO5S. The normalized spacial score (nSPS) is 11.5. The minimum atomic E-state index is -3.72. The molecule has 0 spiro atoms. The summed E-state index contributed by atoms with van der Waals surface area (Å²) in [6, 6.07) is 16.9. The fourth-order valence-corrected chi connectivity index (χ4v) is 3.64. The second-order valence-electron chi connectivity index (χ2n) is 6.41. The molecule has 0 heterocycles. The van der Waals surface area contributed by atoms with Crippen LogP contribution in [-0.2, 0) is 10.0 Å². The van der Waals surface area contributed by atoms with Crippen LogP contribution in [0.15, 0.2) is 77.7 Å². The number of rotatable bonds is 6. The summed E-state index contributed by atoms with van der Waals surface area (Å²) in [7, 11) is -3.72. The van der Waals surface area contributed by atoms with Crippen molar-refractivity contribution in [1.29, 1.82) is 0 Å². The molecule has 0 aliphatic rings. The summed E-state index contributed by atoms with van der Waals surface area (Å²) < 4.78 is 27.3. The van der Waals surface area contributed by atoms with E-state index in [1.807, 2.05) is 6.92 Å². The number of allylic oxidation sites excluding steroid dienone is 1. The lowest BCUT2D eigenvalue weighted by Crippen LogP contribution is -2.13. The molecule has 0 saturated heterocycles. The van der Waals surface area contributed by atoms with Crippen LogP contribution in [0, 0.1) is 6.92 Å². The van der Waals surface area contributed by atoms with Crippen molar-refractivity contribution in [1.82, 2.24) is 0 Å². The first-order valence-electron chi connectivity index (χ1n) is 8.69. The van der Waals surface area contributed by atoms with Gasteiger partial charge in [-0.3, -0.25) is 9.52 Å². The molecule has 0 aromatic heterocycles. The number of nitrogens with one attached hydrogen (secondary N) is 1. The number of aromatic hydroxyl groups is 2. The number of benzene rings is 3. The Bertz CT molecular complexity index is 1160. The Morgan fingerprint density at radius 3 is 2.24 bits per heavy atom. The number of hydrogen-bond acceptors (Lipinski definition) is 5. The van der Waals surface area contributed by atoms with Gasteiger partial charge in [-0.2, -0.15) is 0 Å². The molecule has 0 bridgehead atoms. The molecule has 3 rings (SSSR count). The van der Waals surface area contributed by atoms with Crippen LogP contribution in [0.4, 0.5) is 5.69 Å². The first kappa shape index (κ1) is 20.2. The number of ketones is 1. The Labute approximate surface area is 168 Å². The lowest BCUT2D eigenvalue weighted by Gasteiger charge is -2.08. The molecule has 3 N–H and O–H groups in total. The van der Waals surface area contributed by atoms with E-state index in [0.29, 0.717) is 16.8 Å². The summed E-state index contributed by atoms with van der Waals surface area (Å²) in [5, 5.41) is 19.2. The van der Waals surface area contributed by atoms with Gasteiger partial charge in [-0.1, -0.05) is 29.8 Å². The van der Waals surface area contributed by atoms with Gasteiger partial charge in [-0.15, -0.1) is 0 Å². The number of hydrogen-bond donors (Lipinski definition) is 3. The monoisotopic (exact) mass is 409 g/mol. The molecule has 0 amide bonds. The largest absolute Gasteiger partial charge is 0.504 e. The molecule has 6 nitrogen and oxygen atoms in total. The molecule has 148 valence electrons. The Morgan fingerprint density at radius 1 is 0.931 bits per heavy atom. The molecular weight excluding hydrogens is 390 g/mol.